The highest BCUT2D eigenvalue weighted by Gasteiger charge is 2.34. The van der Waals surface area contributed by atoms with Crippen molar-refractivity contribution in [2.24, 2.45) is 5.92 Å². The number of sulfonamides is 1. The Labute approximate surface area is 196 Å². The van der Waals surface area contributed by atoms with E-state index in [-0.39, 0.29) is 16.7 Å². The van der Waals surface area contributed by atoms with E-state index in [0.717, 1.165) is 18.4 Å². The molecule has 0 radical (unpaired) electrons. The van der Waals surface area contributed by atoms with E-state index in [1.54, 1.807) is 25.4 Å². The Morgan fingerprint density at radius 1 is 1.27 bits per heavy atom. The van der Waals surface area contributed by atoms with E-state index in [0.29, 0.717) is 59.9 Å². The third-order valence-corrected chi connectivity index (χ3v) is 9.29. The molecule has 1 aliphatic heterocycles. The van der Waals surface area contributed by atoms with Crippen molar-refractivity contribution >= 4 is 27.3 Å². The number of hydrogen-bond acceptors (Lipinski definition) is 8. The standard InChI is InChI=1S/C22H25N5O4S2/c1-14-19(11-18(32-14)20-25-22(31-26-20)17-4-5-17)33(29,30)27-9-6-16(7-10-27)21(28)24-13-15-3-2-8-23-12-15/h2-3,8,11-12,16-17H,4-7,9-10,13H2,1H3,(H,24,28). The van der Waals surface area contributed by atoms with Crippen molar-refractivity contribution in [2.45, 2.75) is 50.0 Å². The van der Waals surface area contributed by atoms with E-state index in [4.69, 9.17) is 4.52 Å². The summed E-state index contributed by atoms with van der Waals surface area (Å²) in [6.07, 6.45) is 6.50. The van der Waals surface area contributed by atoms with Crippen LogP contribution in [-0.2, 0) is 21.4 Å². The molecule has 0 bridgehead atoms. The minimum Gasteiger partial charge on any atom is -0.352 e. The zero-order valence-electron chi connectivity index (χ0n) is 18.2. The van der Waals surface area contributed by atoms with Crippen molar-refractivity contribution in [2.75, 3.05) is 13.1 Å². The molecule has 0 unspecified atom stereocenters. The number of piperidine rings is 1. The Balaban J connectivity index is 1.22. The van der Waals surface area contributed by atoms with Crippen LogP contribution in [0.2, 0.25) is 0 Å². The van der Waals surface area contributed by atoms with Gasteiger partial charge in [0.15, 0.2) is 0 Å². The molecule has 174 valence electrons. The minimum absolute atomic E-state index is 0.0477. The van der Waals surface area contributed by atoms with Crippen LogP contribution in [0.15, 0.2) is 40.0 Å². The predicted molar refractivity (Wildman–Crippen MR) is 122 cm³/mol. The van der Waals surface area contributed by atoms with Gasteiger partial charge in [0.05, 0.1) is 9.77 Å². The summed E-state index contributed by atoms with van der Waals surface area (Å²) < 4.78 is 33.4. The Morgan fingerprint density at radius 3 is 2.76 bits per heavy atom. The molecule has 0 atom stereocenters. The van der Waals surface area contributed by atoms with Gasteiger partial charge in [-0.2, -0.15) is 9.29 Å². The van der Waals surface area contributed by atoms with Crippen LogP contribution in [0.3, 0.4) is 0 Å². The van der Waals surface area contributed by atoms with Crippen molar-refractivity contribution in [3.8, 4) is 10.7 Å². The second-order valence-corrected chi connectivity index (χ2v) is 11.7. The molecule has 9 nitrogen and oxygen atoms in total. The SMILES string of the molecule is Cc1sc(-c2noc(C3CC3)n2)cc1S(=O)(=O)N1CCC(C(=O)NCc2cccnc2)CC1. The zero-order valence-corrected chi connectivity index (χ0v) is 19.9. The largest absolute Gasteiger partial charge is 0.352 e. The molecule has 0 spiro atoms. The number of aryl methyl sites for hydroxylation is 1. The number of pyridine rings is 1. The second-order valence-electron chi connectivity index (χ2n) is 8.52. The van der Waals surface area contributed by atoms with Gasteiger partial charge in [-0.3, -0.25) is 9.78 Å². The predicted octanol–water partition coefficient (Wildman–Crippen LogP) is 3.10. The molecule has 3 aromatic heterocycles. The molecule has 3 aromatic rings. The highest BCUT2D eigenvalue weighted by atomic mass is 32.2. The van der Waals surface area contributed by atoms with Gasteiger partial charge in [0, 0.05) is 48.7 Å². The summed E-state index contributed by atoms with van der Waals surface area (Å²) in [4.78, 5) is 22.7. The van der Waals surface area contributed by atoms with Crippen LogP contribution < -0.4 is 5.32 Å². The van der Waals surface area contributed by atoms with Crippen LogP contribution in [0.25, 0.3) is 10.7 Å². The van der Waals surface area contributed by atoms with E-state index >= 15 is 0 Å². The van der Waals surface area contributed by atoms with Gasteiger partial charge in [-0.25, -0.2) is 8.42 Å². The molecule has 1 aliphatic carbocycles. The van der Waals surface area contributed by atoms with Crippen LogP contribution >= 0.6 is 11.3 Å². The fourth-order valence-corrected chi connectivity index (χ4v) is 6.95. The maximum Gasteiger partial charge on any atom is 0.244 e. The Hall–Kier alpha value is -2.63. The van der Waals surface area contributed by atoms with Crippen molar-refractivity contribution < 1.29 is 17.7 Å². The van der Waals surface area contributed by atoms with Crippen molar-refractivity contribution in [1.29, 1.82) is 0 Å². The zero-order chi connectivity index (χ0) is 23.0. The highest BCUT2D eigenvalue weighted by Crippen LogP contribution is 2.41. The van der Waals surface area contributed by atoms with E-state index in [1.807, 2.05) is 12.1 Å². The summed E-state index contributed by atoms with van der Waals surface area (Å²) in [6, 6.07) is 5.37. The molecule has 1 amide bonds. The Bertz CT molecular complexity index is 1240. The number of rotatable bonds is 7. The summed E-state index contributed by atoms with van der Waals surface area (Å²) in [6.45, 7) is 2.83. The molecule has 11 heteroatoms. The summed E-state index contributed by atoms with van der Waals surface area (Å²) in [7, 11) is -3.66. The average molecular weight is 488 g/mol. The number of hydrogen-bond donors (Lipinski definition) is 1. The van der Waals surface area contributed by atoms with Gasteiger partial charge in [-0.1, -0.05) is 11.2 Å². The highest BCUT2D eigenvalue weighted by molar-refractivity contribution is 7.89. The first-order valence-electron chi connectivity index (χ1n) is 11.0. The Kier molecular flexibility index (Phi) is 6.02. The summed E-state index contributed by atoms with van der Waals surface area (Å²) in [5.41, 5.74) is 0.931. The lowest BCUT2D eigenvalue weighted by molar-refractivity contribution is -0.126. The smallest absolute Gasteiger partial charge is 0.244 e. The molecule has 33 heavy (non-hydrogen) atoms. The van der Waals surface area contributed by atoms with Crippen molar-refractivity contribution in [1.82, 2.24) is 24.7 Å². The van der Waals surface area contributed by atoms with Crippen LogP contribution in [-0.4, -0.2) is 46.8 Å². The van der Waals surface area contributed by atoms with Crippen LogP contribution in [0.5, 0.6) is 0 Å². The summed E-state index contributed by atoms with van der Waals surface area (Å²) in [5.74, 6) is 1.17. The van der Waals surface area contributed by atoms with Gasteiger partial charge in [0.2, 0.25) is 27.6 Å². The maximum absolute atomic E-state index is 13.3. The van der Waals surface area contributed by atoms with Crippen LogP contribution in [0.4, 0.5) is 0 Å². The van der Waals surface area contributed by atoms with Gasteiger partial charge >= 0.3 is 0 Å². The number of thiophene rings is 1. The fourth-order valence-electron chi connectivity index (χ4n) is 4.00. The number of carbonyl (C=O) groups is 1. The number of amides is 1. The van der Waals surface area contributed by atoms with Crippen molar-refractivity contribution in [3.05, 3.63) is 46.9 Å². The lowest BCUT2D eigenvalue weighted by atomic mass is 9.97. The molecule has 0 aromatic carbocycles. The van der Waals surface area contributed by atoms with Gasteiger partial charge in [-0.05, 0) is 50.3 Å². The Morgan fingerprint density at radius 2 is 2.06 bits per heavy atom. The van der Waals surface area contributed by atoms with E-state index in [9.17, 15) is 13.2 Å². The fraction of sp³-hybridized carbons (Fsp3) is 0.455. The molecule has 1 N–H and O–H groups in total. The van der Waals surface area contributed by atoms with Crippen LogP contribution in [0, 0.1) is 12.8 Å². The first-order chi connectivity index (χ1) is 15.9. The monoisotopic (exact) mass is 487 g/mol. The molecule has 1 saturated carbocycles. The van der Waals surface area contributed by atoms with E-state index in [2.05, 4.69) is 20.4 Å². The molecule has 1 saturated heterocycles. The topological polar surface area (TPSA) is 118 Å². The number of nitrogens with one attached hydrogen (secondary N) is 1. The minimum atomic E-state index is -3.66. The van der Waals surface area contributed by atoms with Crippen LogP contribution in [0.1, 0.15) is 47.9 Å². The van der Waals surface area contributed by atoms with Gasteiger partial charge in [-0.15, -0.1) is 11.3 Å². The average Bonchev–Trinajstić information content (AvgIpc) is 3.42. The maximum atomic E-state index is 13.3. The van der Waals surface area contributed by atoms with Gasteiger partial charge < -0.3 is 9.84 Å². The second kappa shape index (κ2) is 8.96. The van der Waals surface area contributed by atoms with E-state index < -0.39 is 10.0 Å². The molecular weight excluding hydrogens is 462 g/mol. The molecule has 5 rings (SSSR count). The molecule has 2 aliphatic rings. The third kappa shape index (κ3) is 4.71. The van der Waals surface area contributed by atoms with Gasteiger partial charge in [0.25, 0.3) is 0 Å². The normalized spacial score (nSPS) is 17.8. The first-order valence-corrected chi connectivity index (χ1v) is 13.3. The molecule has 4 heterocycles. The quantitative estimate of drug-likeness (QED) is 0.544. The summed E-state index contributed by atoms with van der Waals surface area (Å²) >= 11 is 1.35. The number of nitrogens with zero attached hydrogens (tertiary/aromatic N) is 4. The first kappa shape index (κ1) is 22.2. The third-order valence-electron chi connectivity index (χ3n) is 6.09. The summed E-state index contributed by atoms with van der Waals surface area (Å²) in [5, 5.41) is 6.96. The molecular formula is C22H25N5O4S2. The number of aromatic nitrogens is 3. The number of carbonyl (C=O) groups excluding carboxylic acids is 1. The lowest BCUT2D eigenvalue weighted by Crippen LogP contribution is -2.42. The lowest BCUT2D eigenvalue weighted by Gasteiger charge is -2.30. The van der Waals surface area contributed by atoms with E-state index in [1.165, 1.54) is 15.6 Å². The van der Waals surface area contributed by atoms with Crippen molar-refractivity contribution in [3.63, 3.8) is 0 Å². The molecule has 2 fully saturated rings. The van der Waals surface area contributed by atoms with Gasteiger partial charge in [0.1, 0.15) is 0 Å².